The summed E-state index contributed by atoms with van der Waals surface area (Å²) in [6.45, 7) is 7.29. The lowest BCUT2D eigenvalue weighted by Gasteiger charge is -2.14. The molecule has 0 saturated heterocycles. The molecule has 7 heteroatoms. The second-order valence-corrected chi connectivity index (χ2v) is 4.96. The van der Waals surface area contributed by atoms with E-state index in [2.05, 4.69) is 20.5 Å². The Labute approximate surface area is 123 Å². The van der Waals surface area contributed by atoms with Crippen LogP contribution in [-0.4, -0.2) is 24.7 Å². The number of aryl methyl sites for hydroxylation is 3. The van der Waals surface area contributed by atoms with Gasteiger partial charge in [-0.2, -0.15) is 0 Å². The predicted octanol–water partition coefficient (Wildman–Crippen LogP) is 1.56. The van der Waals surface area contributed by atoms with Gasteiger partial charge in [-0.1, -0.05) is 12.2 Å². The second-order valence-electron chi connectivity index (χ2n) is 4.52. The van der Waals surface area contributed by atoms with E-state index in [1.807, 2.05) is 31.4 Å². The van der Waals surface area contributed by atoms with E-state index < -0.39 is 0 Å². The molecule has 0 bridgehead atoms. The fraction of sp³-hybridized carbons (Fsp3) is 0.385. The molecule has 0 saturated carbocycles. The average molecular weight is 290 g/mol. The number of hydrogen-bond donors (Lipinski definition) is 2. The van der Waals surface area contributed by atoms with Crippen LogP contribution in [0.2, 0.25) is 0 Å². The van der Waals surface area contributed by atoms with Crippen molar-refractivity contribution in [1.82, 2.24) is 19.7 Å². The first-order valence-electron chi connectivity index (χ1n) is 6.41. The monoisotopic (exact) mass is 290 g/mol. The van der Waals surface area contributed by atoms with Crippen molar-refractivity contribution in [3.05, 3.63) is 35.2 Å². The van der Waals surface area contributed by atoms with Gasteiger partial charge >= 0.3 is 0 Å². The summed E-state index contributed by atoms with van der Waals surface area (Å²) in [5.74, 6) is 0.869. The lowest BCUT2D eigenvalue weighted by Crippen LogP contribution is -2.17. The van der Waals surface area contributed by atoms with Crippen molar-refractivity contribution in [2.24, 2.45) is 5.73 Å². The summed E-state index contributed by atoms with van der Waals surface area (Å²) < 4.78 is 1.98. The van der Waals surface area contributed by atoms with Crippen LogP contribution >= 0.6 is 12.2 Å². The van der Waals surface area contributed by atoms with Gasteiger partial charge in [-0.25, -0.2) is 0 Å². The van der Waals surface area contributed by atoms with Crippen molar-refractivity contribution in [3.63, 3.8) is 0 Å². The zero-order valence-electron chi connectivity index (χ0n) is 11.8. The third kappa shape index (κ3) is 2.93. The van der Waals surface area contributed by atoms with Crippen LogP contribution in [0.15, 0.2) is 12.4 Å². The van der Waals surface area contributed by atoms with E-state index in [-0.39, 0.29) is 0 Å². The lowest BCUT2D eigenvalue weighted by molar-refractivity contribution is 0.708. The van der Waals surface area contributed by atoms with Crippen LogP contribution in [0.5, 0.6) is 0 Å². The van der Waals surface area contributed by atoms with Crippen LogP contribution in [0.4, 0.5) is 5.69 Å². The van der Waals surface area contributed by atoms with Gasteiger partial charge in [-0.05, 0) is 26.8 Å². The Bertz CT molecular complexity index is 634. The van der Waals surface area contributed by atoms with Crippen LogP contribution in [-0.2, 0) is 13.1 Å². The molecule has 0 aromatic carbocycles. The molecular weight excluding hydrogens is 272 g/mol. The zero-order chi connectivity index (χ0) is 14.7. The molecule has 6 nitrogen and oxygen atoms in total. The summed E-state index contributed by atoms with van der Waals surface area (Å²) in [6.07, 6.45) is 1.72. The molecule has 106 valence electrons. The summed E-state index contributed by atoms with van der Waals surface area (Å²) in [7, 11) is 0. The molecular formula is C13H18N6S. The van der Waals surface area contributed by atoms with E-state index in [4.69, 9.17) is 18.0 Å². The molecule has 0 atom stereocenters. The Kier molecular flexibility index (Phi) is 4.29. The van der Waals surface area contributed by atoms with Gasteiger partial charge in [-0.15, -0.1) is 10.2 Å². The fourth-order valence-electron chi connectivity index (χ4n) is 2.13. The Morgan fingerprint density at radius 3 is 2.85 bits per heavy atom. The maximum absolute atomic E-state index is 5.79. The minimum absolute atomic E-state index is 0.342. The molecule has 2 aromatic rings. The molecule has 0 aliphatic rings. The molecule has 20 heavy (non-hydrogen) atoms. The number of aromatic nitrogens is 4. The van der Waals surface area contributed by atoms with Crippen molar-refractivity contribution in [2.45, 2.75) is 33.9 Å². The molecule has 0 amide bonds. The van der Waals surface area contributed by atoms with E-state index in [1.165, 1.54) is 0 Å². The van der Waals surface area contributed by atoms with Crippen molar-refractivity contribution in [1.29, 1.82) is 0 Å². The van der Waals surface area contributed by atoms with Crippen LogP contribution < -0.4 is 11.1 Å². The van der Waals surface area contributed by atoms with Crippen LogP contribution in [0, 0.1) is 13.8 Å². The first-order chi connectivity index (χ1) is 9.52. The standard InChI is InChI=1S/C13H18N6S/c1-4-19-7-16-18-11(19)6-15-10-5-8(2)17-9(3)12(10)13(14)20/h5,7H,4,6H2,1-3H3,(H2,14,20)(H,15,17). The predicted molar refractivity (Wildman–Crippen MR) is 82.6 cm³/mol. The highest BCUT2D eigenvalue weighted by atomic mass is 32.1. The van der Waals surface area contributed by atoms with Gasteiger partial charge in [-0.3, -0.25) is 4.98 Å². The maximum Gasteiger partial charge on any atom is 0.152 e. The Morgan fingerprint density at radius 1 is 1.45 bits per heavy atom. The van der Waals surface area contributed by atoms with Gasteiger partial charge < -0.3 is 15.6 Å². The molecule has 0 aliphatic heterocycles. The van der Waals surface area contributed by atoms with Crippen LogP contribution in [0.1, 0.15) is 29.7 Å². The summed E-state index contributed by atoms with van der Waals surface area (Å²) in [4.78, 5) is 4.74. The second kappa shape index (κ2) is 5.96. The summed E-state index contributed by atoms with van der Waals surface area (Å²) in [5.41, 5.74) is 9.21. The molecule has 2 heterocycles. The van der Waals surface area contributed by atoms with Gasteiger partial charge in [0, 0.05) is 23.6 Å². The summed E-state index contributed by atoms with van der Waals surface area (Å²) >= 11 is 5.11. The largest absolute Gasteiger partial charge is 0.389 e. The molecule has 0 radical (unpaired) electrons. The number of hydrogen-bond acceptors (Lipinski definition) is 5. The van der Waals surface area contributed by atoms with Crippen molar-refractivity contribution < 1.29 is 0 Å². The third-order valence-electron chi connectivity index (χ3n) is 3.05. The van der Waals surface area contributed by atoms with Crippen molar-refractivity contribution in [3.8, 4) is 0 Å². The SMILES string of the molecule is CCn1cnnc1CNc1cc(C)nc(C)c1C(N)=S. The Hall–Kier alpha value is -2.02. The lowest BCUT2D eigenvalue weighted by atomic mass is 10.1. The van der Waals surface area contributed by atoms with E-state index >= 15 is 0 Å². The van der Waals surface area contributed by atoms with E-state index in [9.17, 15) is 0 Å². The van der Waals surface area contributed by atoms with Crippen LogP contribution in [0.3, 0.4) is 0 Å². The third-order valence-corrected chi connectivity index (χ3v) is 3.25. The highest BCUT2D eigenvalue weighted by Crippen LogP contribution is 2.20. The normalized spacial score (nSPS) is 10.6. The molecule has 2 rings (SSSR count). The topological polar surface area (TPSA) is 81.7 Å². The minimum Gasteiger partial charge on any atom is -0.389 e. The van der Waals surface area contributed by atoms with Crippen molar-refractivity contribution >= 4 is 22.9 Å². The fourth-order valence-corrected chi connectivity index (χ4v) is 2.39. The Balaban J connectivity index is 2.27. The maximum atomic E-state index is 5.79. The van der Waals surface area contributed by atoms with Gasteiger partial charge in [0.05, 0.1) is 12.1 Å². The number of anilines is 1. The van der Waals surface area contributed by atoms with Gasteiger partial charge in [0.15, 0.2) is 5.82 Å². The van der Waals surface area contributed by atoms with Gasteiger partial charge in [0.1, 0.15) is 11.3 Å². The smallest absolute Gasteiger partial charge is 0.152 e. The van der Waals surface area contributed by atoms with E-state index in [0.717, 1.165) is 35.0 Å². The summed E-state index contributed by atoms with van der Waals surface area (Å²) in [6, 6.07) is 1.94. The number of thiocarbonyl (C=S) groups is 1. The quantitative estimate of drug-likeness (QED) is 0.813. The highest BCUT2D eigenvalue weighted by molar-refractivity contribution is 7.80. The molecule has 0 fully saturated rings. The van der Waals surface area contributed by atoms with E-state index in [0.29, 0.717) is 11.5 Å². The summed E-state index contributed by atoms with van der Waals surface area (Å²) in [5, 5.41) is 11.3. The average Bonchev–Trinajstić information content (AvgIpc) is 2.82. The van der Waals surface area contributed by atoms with Crippen LogP contribution in [0.25, 0.3) is 0 Å². The zero-order valence-corrected chi connectivity index (χ0v) is 12.7. The highest BCUT2D eigenvalue weighted by Gasteiger charge is 2.12. The first kappa shape index (κ1) is 14.4. The Morgan fingerprint density at radius 2 is 2.20 bits per heavy atom. The first-order valence-corrected chi connectivity index (χ1v) is 6.82. The number of rotatable bonds is 5. The number of pyridine rings is 1. The molecule has 0 aliphatic carbocycles. The molecule has 3 N–H and O–H groups in total. The van der Waals surface area contributed by atoms with Gasteiger partial charge in [0.25, 0.3) is 0 Å². The number of nitrogens with two attached hydrogens (primary N) is 1. The number of nitrogens with one attached hydrogen (secondary N) is 1. The van der Waals surface area contributed by atoms with Crippen molar-refractivity contribution in [2.75, 3.05) is 5.32 Å². The molecule has 2 aromatic heterocycles. The van der Waals surface area contributed by atoms with Gasteiger partial charge in [0.2, 0.25) is 0 Å². The number of nitrogens with zero attached hydrogens (tertiary/aromatic N) is 4. The molecule has 0 unspecified atom stereocenters. The van der Waals surface area contributed by atoms with E-state index in [1.54, 1.807) is 6.33 Å². The minimum atomic E-state index is 0.342. The molecule has 0 spiro atoms.